The summed E-state index contributed by atoms with van der Waals surface area (Å²) in [5.74, 6) is -0.156. The Labute approximate surface area is 104 Å². The van der Waals surface area contributed by atoms with Gasteiger partial charge in [0, 0.05) is 18.0 Å². The lowest BCUT2D eigenvalue weighted by atomic mass is 10.2. The van der Waals surface area contributed by atoms with Gasteiger partial charge in [-0.05, 0) is 18.4 Å². The van der Waals surface area contributed by atoms with Gasteiger partial charge in [-0.2, -0.15) is 0 Å². The molecule has 0 radical (unpaired) electrons. The quantitative estimate of drug-likeness (QED) is 0.796. The number of piperazine rings is 1. The summed E-state index contributed by atoms with van der Waals surface area (Å²) in [5.41, 5.74) is 0.676. The summed E-state index contributed by atoms with van der Waals surface area (Å²) in [6.07, 6.45) is 1.94. The molecule has 1 aliphatic rings. The van der Waals surface area contributed by atoms with E-state index in [2.05, 4.69) is 5.32 Å². The van der Waals surface area contributed by atoms with Gasteiger partial charge in [0.1, 0.15) is 0 Å². The van der Waals surface area contributed by atoms with Gasteiger partial charge in [-0.15, -0.1) is 11.8 Å². The van der Waals surface area contributed by atoms with E-state index in [1.165, 1.54) is 0 Å². The van der Waals surface area contributed by atoms with Crippen LogP contribution in [0.4, 0.5) is 0 Å². The van der Waals surface area contributed by atoms with E-state index in [-0.39, 0.29) is 18.4 Å². The molecule has 5 heteroatoms. The van der Waals surface area contributed by atoms with E-state index in [1.807, 2.05) is 24.5 Å². The fraction of sp³-hybridized carbons (Fsp3) is 0.333. The molecule has 4 nitrogen and oxygen atoms in total. The molecule has 2 amide bonds. The minimum atomic E-state index is -0.0915. The van der Waals surface area contributed by atoms with Crippen LogP contribution in [-0.2, 0) is 4.79 Å². The molecular formula is C12H14N2O2S. The minimum Gasteiger partial charge on any atom is -0.353 e. The fourth-order valence-electron chi connectivity index (χ4n) is 1.80. The molecule has 17 heavy (non-hydrogen) atoms. The summed E-state index contributed by atoms with van der Waals surface area (Å²) < 4.78 is 0. The molecule has 90 valence electrons. The largest absolute Gasteiger partial charge is 0.353 e. The van der Waals surface area contributed by atoms with Gasteiger partial charge in [0.05, 0.1) is 12.1 Å². The van der Waals surface area contributed by atoms with Gasteiger partial charge in [-0.1, -0.05) is 12.1 Å². The van der Waals surface area contributed by atoms with Crippen LogP contribution in [0.1, 0.15) is 10.4 Å². The van der Waals surface area contributed by atoms with Crippen LogP contribution < -0.4 is 5.32 Å². The highest BCUT2D eigenvalue weighted by Crippen LogP contribution is 2.21. The smallest absolute Gasteiger partial charge is 0.255 e. The van der Waals surface area contributed by atoms with E-state index in [0.717, 1.165) is 4.90 Å². The Balaban J connectivity index is 2.21. The fourth-order valence-corrected chi connectivity index (χ4v) is 2.39. The van der Waals surface area contributed by atoms with E-state index in [0.29, 0.717) is 18.7 Å². The van der Waals surface area contributed by atoms with Crippen LogP contribution in [0.2, 0.25) is 0 Å². The van der Waals surface area contributed by atoms with Gasteiger partial charge in [0.2, 0.25) is 5.91 Å². The number of amides is 2. The van der Waals surface area contributed by atoms with Crippen molar-refractivity contribution in [2.75, 3.05) is 25.9 Å². The first-order chi connectivity index (χ1) is 8.22. The number of carbonyl (C=O) groups excluding carboxylic acids is 2. The molecule has 0 aliphatic carbocycles. The van der Waals surface area contributed by atoms with Crippen molar-refractivity contribution in [1.82, 2.24) is 10.2 Å². The van der Waals surface area contributed by atoms with Crippen LogP contribution in [0.3, 0.4) is 0 Å². The van der Waals surface area contributed by atoms with Gasteiger partial charge >= 0.3 is 0 Å². The van der Waals surface area contributed by atoms with Crippen LogP contribution in [0, 0.1) is 0 Å². The van der Waals surface area contributed by atoms with Crippen molar-refractivity contribution < 1.29 is 9.59 Å². The Hall–Kier alpha value is -1.49. The zero-order chi connectivity index (χ0) is 12.3. The molecule has 0 unspecified atom stereocenters. The van der Waals surface area contributed by atoms with Crippen molar-refractivity contribution in [1.29, 1.82) is 0 Å². The second-order valence-electron chi connectivity index (χ2n) is 3.78. The third-order valence-corrected chi connectivity index (χ3v) is 3.46. The molecule has 1 heterocycles. The molecule has 0 aromatic heterocycles. The van der Waals surface area contributed by atoms with Crippen molar-refractivity contribution in [2.45, 2.75) is 4.90 Å². The third-order valence-electron chi connectivity index (χ3n) is 2.66. The zero-order valence-corrected chi connectivity index (χ0v) is 10.4. The predicted octanol–water partition coefficient (Wildman–Crippen LogP) is 0.980. The second kappa shape index (κ2) is 5.23. The molecule has 0 bridgehead atoms. The molecule has 2 rings (SSSR count). The average Bonchev–Trinajstić information content (AvgIpc) is 2.38. The molecule has 1 saturated heterocycles. The monoisotopic (exact) mass is 250 g/mol. The van der Waals surface area contributed by atoms with Gasteiger partial charge in [-0.3, -0.25) is 9.59 Å². The molecule has 1 aromatic carbocycles. The first kappa shape index (κ1) is 12.0. The van der Waals surface area contributed by atoms with Gasteiger partial charge in [-0.25, -0.2) is 0 Å². The topological polar surface area (TPSA) is 49.4 Å². The first-order valence-electron chi connectivity index (χ1n) is 5.41. The summed E-state index contributed by atoms with van der Waals surface area (Å²) in [6.45, 7) is 1.26. The van der Waals surface area contributed by atoms with E-state index >= 15 is 0 Å². The average molecular weight is 250 g/mol. The maximum atomic E-state index is 12.3. The molecule has 0 atom stereocenters. The second-order valence-corrected chi connectivity index (χ2v) is 4.63. The first-order valence-corrected chi connectivity index (χ1v) is 6.64. The van der Waals surface area contributed by atoms with Crippen LogP contribution in [-0.4, -0.2) is 42.6 Å². The van der Waals surface area contributed by atoms with Crippen molar-refractivity contribution in [2.24, 2.45) is 0 Å². The number of benzene rings is 1. The Morgan fingerprint density at radius 1 is 1.41 bits per heavy atom. The van der Waals surface area contributed by atoms with Crippen LogP contribution in [0.25, 0.3) is 0 Å². The summed E-state index contributed by atoms with van der Waals surface area (Å²) >= 11 is 1.54. The molecule has 1 aromatic rings. The van der Waals surface area contributed by atoms with Crippen molar-refractivity contribution in [3.8, 4) is 0 Å². The highest BCUT2D eigenvalue weighted by molar-refractivity contribution is 7.98. The van der Waals surface area contributed by atoms with E-state index in [4.69, 9.17) is 0 Å². The lowest BCUT2D eigenvalue weighted by molar-refractivity contribution is -0.123. The van der Waals surface area contributed by atoms with Gasteiger partial charge < -0.3 is 10.2 Å². The lowest BCUT2D eigenvalue weighted by Crippen LogP contribution is -2.50. The Morgan fingerprint density at radius 2 is 2.18 bits per heavy atom. The Morgan fingerprint density at radius 3 is 2.88 bits per heavy atom. The third kappa shape index (κ3) is 2.61. The number of nitrogens with zero attached hydrogens (tertiary/aromatic N) is 1. The normalized spacial score (nSPS) is 15.6. The Bertz CT molecular complexity index is 448. The van der Waals surface area contributed by atoms with E-state index in [1.54, 1.807) is 22.7 Å². The number of nitrogens with one attached hydrogen (secondary N) is 1. The zero-order valence-electron chi connectivity index (χ0n) is 9.60. The maximum absolute atomic E-state index is 12.3. The van der Waals surface area contributed by atoms with Gasteiger partial charge in [0.15, 0.2) is 0 Å². The minimum absolute atomic E-state index is 0.0650. The highest BCUT2D eigenvalue weighted by Gasteiger charge is 2.23. The number of carbonyl (C=O) groups is 2. The predicted molar refractivity (Wildman–Crippen MR) is 67.1 cm³/mol. The van der Waals surface area contributed by atoms with E-state index < -0.39 is 0 Å². The van der Waals surface area contributed by atoms with Crippen LogP contribution in [0.5, 0.6) is 0 Å². The molecule has 1 N–H and O–H groups in total. The maximum Gasteiger partial charge on any atom is 0.255 e. The van der Waals surface area contributed by atoms with Crippen molar-refractivity contribution in [3.05, 3.63) is 29.8 Å². The number of thioether (sulfide) groups is 1. The summed E-state index contributed by atoms with van der Waals surface area (Å²) in [5, 5.41) is 2.71. The molecule has 0 saturated carbocycles. The highest BCUT2D eigenvalue weighted by atomic mass is 32.2. The molecule has 1 fully saturated rings. The van der Waals surface area contributed by atoms with E-state index in [9.17, 15) is 9.59 Å². The number of rotatable bonds is 2. The molecular weight excluding hydrogens is 236 g/mol. The lowest BCUT2D eigenvalue weighted by Gasteiger charge is -2.27. The Kier molecular flexibility index (Phi) is 3.68. The van der Waals surface area contributed by atoms with Gasteiger partial charge in [0.25, 0.3) is 5.91 Å². The SMILES string of the molecule is CSc1ccccc1C(=O)N1CCNC(=O)C1. The summed E-state index contributed by atoms with van der Waals surface area (Å²) in [7, 11) is 0. The molecule has 0 spiro atoms. The summed E-state index contributed by atoms with van der Waals surface area (Å²) in [6, 6.07) is 7.48. The number of hydrogen-bond donors (Lipinski definition) is 1. The standard InChI is InChI=1S/C12H14N2O2S/c1-17-10-5-3-2-4-9(10)12(16)14-7-6-13-11(15)8-14/h2-5H,6-8H2,1H3,(H,13,15). The molecule has 1 aliphatic heterocycles. The van der Waals surface area contributed by atoms with Crippen molar-refractivity contribution >= 4 is 23.6 Å². The van der Waals surface area contributed by atoms with Crippen molar-refractivity contribution in [3.63, 3.8) is 0 Å². The van der Waals surface area contributed by atoms with Crippen LogP contribution >= 0.6 is 11.8 Å². The number of hydrogen-bond acceptors (Lipinski definition) is 3. The summed E-state index contributed by atoms with van der Waals surface area (Å²) in [4.78, 5) is 26.0. The van der Waals surface area contributed by atoms with Crippen LogP contribution in [0.15, 0.2) is 29.2 Å².